The molecule has 2 aliphatic rings. The third-order valence-corrected chi connectivity index (χ3v) is 3.92. The number of nitrogens with zero attached hydrogens (tertiary/aromatic N) is 4. The van der Waals surface area contributed by atoms with Crippen molar-refractivity contribution in [2.75, 3.05) is 38.1 Å². The molecule has 17 heavy (non-hydrogen) atoms. The van der Waals surface area contributed by atoms with Crippen LogP contribution in [-0.2, 0) is 0 Å². The first-order chi connectivity index (χ1) is 8.11. The van der Waals surface area contributed by atoms with Gasteiger partial charge in [-0.1, -0.05) is 0 Å². The molecule has 92 valence electrons. The number of aryl methyl sites for hydroxylation is 2. The molecule has 4 nitrogen and oxygen atoms in total. The molecule has 0 saturated carbocycles. The van der Waals surface area contributed by atoms with Crippen LogP contribution in [0.2, 0.25) is 0 Å². The number of anilines is 1. The fourth-order valence-electron chi connectivity index (χ4n) is 3.24. The summed E-state index contributed by atoms with van der Waals surface area (Å²) in [4.78, 5) is 13.9. The van der Waals surface area contributed by atoms with Crippen LogP contribution in [0.4, 0.5) is 5.95 Å². The second-order valence-corrected chi connectivity index (χ2v) is 5.60. The summed E-state index contributed by atoms with van der Waals surface area (Å²) in [6.45, 7) is 8.79. The van der Waals surface area contributed by atoms with Crippen LogP contribution in [0.1, 0.15) is 11.4 Å². The first-order valence-corrected chi connectivity index (χ1v) is 6.37. The standard InChI is InChI=1S/C13H20N4/c1-9-4-10(2)15-13(14-9)17-7-11-5-16(3)6-12(11)8-17/h4,11-12H,5-8H2,1-3H3. The van der Waals surface area contributed by atoms with E-state index in [1.807, 2.05) is 19.9 Å². The van der Waals surface area contributed by atoms with Gasteiger partial charge < -0.3 is 9.80 Å². The number of likely N-dealkylation sites (tertiary alicyclic amines) is 1. The Morgan fingerprint density at radius 3 is 2.06 bits per heavy atom. The molecule has 0 N–H and O–H groups in total. The molecule has 1 aromatic rings. The minimum Gasteiger partial charge on any atom is -0.340 e. The highest BCUT2D eigenvalue weighted by Crippen LogP contribution is 2.31. The van der Waals surface area contributed by atoms with E-state index in [1.165, 1.54) is 13.1 Å². The van der Waals surface area contributed by atoms with E-state index in [-0.39, 0.29) is 0 Å². The van der Waals surface area contributed by atoms with Crippen molar-refractivity contribution in [3.05, 3.63) is 17.5 Å². The molecule has 2 fully saturated rings. The molecular weight excluding hydrogens is 212 g/mol. The summed E-state index contributed by atoms with van der Waals surface area (Å²) >= 11 is 0. The van der Waals surface area contributed by atoms with Crippen molar-refractivity contribution < 1.29 is 0 Å². The number of hydrogen-bond donors (Lipinski definition) is 0. The molecule has 0 radical (unpaired) electrons. The molecule has 0 amide bonds. The molecule has 2 aliphatic heterocycles. The molecule has 2 saturated heterocycles. The van der Waals surface area contributed by atoms with Gasteiger partial charge in [0.2, 0.25) is 5.95 Å². The molecule has 3 heterocycles. The van der Waals surface area contributed by atoms with Crippen LogP contribution >= 0.6 is 0 Å². The number of aromatic nitrogens is 2. The number of rotatable bonds is 1. The molecule has 3 rings (SSSR count). The molecule has 0 spiro atoms. The molecule has 4 heteroatoms. The highest BCUT2D eigenvalue weighted by molar-refractivity contribution is 5.34. The fraction of sp³-hybridized carbons (Fsp3) is 0.692. The Morgan fingerprint density at radius 2 is 1.53 bits per heavy atom. The van der Waals surface area contributed by atoms with Gasteiger partial charge in [-0.25, -0.2) is 9.97 Å². The monoisotopic (exact) mass is 232 g/mol. The highest BCUT2D eigenvalue weighted by Gasteiger charge is 2.39. The van der Waals surface area contributed by atoms with Crippen molar-refractivity contribution in [2.24, 2.45) is 11.8 Å². The average molecular weight is 232 g/mol. The minimum absolute atomic E-state index is 0.810. The zero-order chi connectivity index (χ0) is 12.0. The zero-order valence-electron chi connectivity index (χ0n) is 10.8. The average Bonchev–Trinajstić information content (AvgIpc) is 2.72. The Hall–Kier alpha value is -1.16. The number of fused-ring (bicyclic) bond motifs is 1. The molecule has 0 bridgehead atoms. The van der Waals surface area contributed by atoms with Crippen LogP contribution in [0, 0.1) is 25.7 Å². The Balaban J connectivity index is 1.79. The summed E-state index contributed by atoms with van der Waals surface area (Å²) in [5.41, 5.74) is 2.14. The first kappa shape index (κ1) is 11.0. The predicted octanol–water partition coefficient (Wildman–Crippen LogP) is 1.09. The Labute approximate surface area is 103 Å². The van der Waals surface area contributed by atoms with E-state index in [2.05, 4.69) is 26.8 Å². The number of hydrogen-bond acceptors (Lipinski definition) is 4. The normalized spacial score (nSPS) is 28.8. The summed E-state index contributed by atoms with van der Waals surface area (Å²) in [5, 5.41) is 0. The van der Waals surface area contributed by atoms with Crippen LogP contribution in [0.3, 0.4) is 0 Å². The highest BCUT2D eigenvalue weighted by atomic mass is 15.3. The van der Waals surface area contributed by atoms with Gasteiger partial charge in [0.05, 0.1) is 0 Å². The van der Waals surface area contributed by atoms with Crippen molar-refractivity contribution in [3.63, 3.8) is 0 Å². The lowest BCUT2D eigenvalue weighted by Crippen LogP contribution is -2.28. The van der Waals surface area contributed by atoms with Crippen molar-refractivity contribution in [1.82, 2.24) is 14.9 Å². The van der Waals surface area contributed by atoms with E-state index < -0.39 is 0 Å². The lowest BCUT2D eigenvalue weighted by Gasteiger charge is -2.19. The van der Waals surface area contributed by atoms with E-state index >= 15 is 0 Å². The molecule has 2 unspecified atom stereocenters. The molecule has 2 atom stereocenters. The van der Waals surface area contributed by atoms with Crippen molar-refractivity contribution in [1.29, 1.82) is 0 Å². The Morgan fingerprint density at radius 1 is 1.00 bits per heavy atom. The van der Waals surface area contributed by atoms with Crippen LogP contribution in [-0.4, -0.2) is 48.1 Å². The Bertz CT molecular complexity index is 397. The second-order valence-electron chi connectivity index (χ2n) is 5.60. The lowest BCUT2D eigenvalue weighted by atomic mass is 10.0. The molecule has 1 aromatic heterocycles. The van der Waals surface area contributed by atoms with Gasteiger partial charge in [-0.2, -0.15) is 0 Å². The van der Waals surface area contributed by atoms with Crippen LogP contribution in [0.5, 0.6) is 0 Å². The summed E-state index contributed by atoms with van der Waals surface area (Å²) < 4.78 is 0. The molecular formula is C13H20N4. The van der Waals surface area contributed by atoms with E-state index in [9.17, 15) is 0 Å². The summed E-state index contributed by atoms with van der Waals surface area (Å²) in [7, 11) is 2.22. The van der Waals surface area contributed by atoms with E-state index in [1.54, 1.807) is 0 Å². The van der Waals surface area contributed by atoms with Crippen molar-refractivity contribution >= 4 is 5.95 Å². The van der Waals surface area contributed by atoms with Gasteiger partial charge in [-0.05, 0) is 38.8 Å². The fourth-order valence-corrected chi connectivity index (χ4v) is 3.24. The predicted molar refractivity (Wildman–Crippen MR) is 68.2 cm³/mol. The van der Waals surface area contributed by atoms with Gasteiger partial charge in [-0.3, -0.25) is 0 Å². The first-order valence-electron chi connectivity index (χ1n) is 6.37. The molecule has 0 aliphatic carbocycles. The topological polar surface area (TPSA) is 32.3 Å². The maximum absolute atomic E-state index is 4.56. The third-order valence-electron chi connectivity index (χ3n) is 3.92. The van der Waals surface area contributed by atoms with Gasteiger partial charge in [0.15, 0.2) is 0 Å². The summed E-state index contributed by atoms with van der Waals surface area (Å²) in [6.07, 6.45) is 0. The second kappa shape index (κ2) is 3.95. The lowest BCUT2D eigenvalue weighted by molar-refractivity contribution is 0.386. The van der Waals surface area contributed by atoms with Gasteiger partial charge >= 0.3 is 0 Å². The largest absolute Gasteiger partial charge is 0.340 e. The van der Waals surface area contributed by atoms with E-state index in [0.717, 1.165) is 42.3 Å². The summed E-state index contributed by atoms with van der Waals surface area (Å²) in [5.74, 6) is 2.55. The third kappa shape index (κ3) is 2.02. The van der Waals surface area contributed by atoms with Gasteiger partial charge in [0, 0.05) is 37.6 Å². The Kier molecular flexibility index (Phi) is 2.54. The maximum atomic E-state index is 4.56. The SMILES string of the molecule is Cc1cc(C)nc(N2CC3CN(C)CC3C2)n1. The van der Waals surface area contributed by atoms with E-state index in [0.29, 0.717) is 0 Å². The molecule has 0 aromatic carbocycles. The zero-order valence-corrected chi connectivity index (χ0v) is 10.8. The van der Waals surface area contributed by atoms with Gasteiger partial charge in [0.1, 0.15) is 0 Å². The van der Waals surface area contributed by atoms with E-state index in [4.69, 9.17) is 0 Å². The maximum Gasteiger partial charge on any atom is 0.225 e. The van der Waals surface area contributed by atoms with Crippen LogP contribution < -0.4 is 4.90 Å². The smallest absolute Gasteiger partial charge is 0.225 e. The van der Waals surface area contributed by atoms with Gasteiger partial charge in [-0.15, -0.1) is 0 Å². The van der Waals surface area contributed by atoms with Gasteiger partial charge in [0.25, 0.3) is 0 Å². The van der Waals surface area contributed by atoms with Crippen molar-refractivity contribution in [2.45, 2.75) is 13.8 Å². The van der Waals surface area contributed by atoms with Crippen LogP contribution in [0.15, 0.2) is 6.07 Å². The minimum atomic E-state index is 0.810. The quantitative estimate of drug-likeness (QED) is 0.725. The van der Waals surface area contributed by atoms with Crippen molar-refractivity contribution in [3.8, 4) is 0 Å². The van der Waals surface area contributed by atoms with Crippen LogP contribution in [0.25, 0.3) is 0 Å². The summed E-state index contributed by atoms with van der Waals surface area (Å²) in [6, 6.07) is 2.04.